The molecule has 0 aliphatic rings. The molecule has 34 heavy (non-hydrogen) atoms. The van der Waals surface area contributed by atoms with Crippen LogP contribution in [0, 0.1) is 11.6 Å². The van der Waals surface area contributed by atoms with E-state index in [0.29, 0.717) is 28.1 Å². The minimum Gasteiger partial charge on any atom is -0.364 e. The molecule has 0 saturated heterocycles. The molecule has 11 heteroatoms. The predicted molar refractivity (Wildman–Crippen MR) is 116 cm³/mol. The predicted octanol–water partition coefficient (Wildman–Crippen LogP) is 5.87. The number of aromatic amines is 1. The van der Waals surface area contributed by atoms with E-state index in [4.69, 9.17) is 5.73 Å². The van der Waals surface area contributed by atoms with Crippen LogP contribution in [0.5, 0.6) is 0 Å². The van der Waals surface area contributed by atoms with E-state index in [1.54, 1.807) is 12.1 Å². The summed E-state index contributed by atoms with van der Waals surface area (Å²) in [4.78, 5) is 26.9. The average Bonchev–Trinajstić information content (AvgIpc) is 3.14. The van der Waals surface area contributed by atoms with Gasteiger partial charge in [-0.25, -0.2) is 13.6 Å². The fraction of sp³-hybridized carbons (Fsp3) is 0.0435. The van der Waals surface area contributed by atoms with Gasteiger partial charge in [0.05, 0.1) is 11.3 Å². The van der Waals surface area contributed by atoms with E-state index in [2.05, 4.69) is 15.6 Å². The molecule has 0 aliphatic carbocycles. The standard InChI is InChI=1S/C23H15F5N4O2/c24-13-4-8-17-15(10-13)19(20(31-17)21(29)33)11-1-5-14(6-2-11)30-22(34)32-18-7-3-12(9-16(18)25)23(26,27)28/h1-10,31H,(H2,29,33)(H2,30,32,34). The van der Waals surface area contributed by atoms with Gasteiger partial charge in [0, 0.05) is 22.2 Å². The van der Waals surface area contributed by atoms with Crippen LogP contribution in [0.15, 0.2) is 60.7 Å². The summed E-state index contributed by atoms with van der Waals surface area (Å²) in [6, 6.07) is 10.9. The third-order valence-corrected chi connectivity index (χ3v) is 4.98. The van der Waals surface area contributed by atoms with Crippen molar-refractivity contribution in [3.05, 3.63) is 83.6 Å². The van der Waals surface area contributed by atoms with Gasteiger partial charge in [0.1, 0.15) is 17.3 Å². The number of carbonyl (C=O) groups excluding carboxylic acids is 2. The summed E-state index contributed by atoms with van der Waals surface area (Å²) in [5.74, 6) is -2.49. The number of carbonyl (C=O) groups is 2. The summed E-state index contributed by atoms with van der Waals surface area (Å²) in [6.07, 6.45) is -4.71. The number of fused-ring (bicyclic) bond motifs is 1. The Morgan fingerprint density at radius 2 is 1.59 bits per heavy atom. The van der Waals surface area contributed by atoms with Gasteiger partial charge in [0.2, 0.25) is 0 Å². The van der Waals surface area contributed by atoms with Crippen molar-refractivity contribution >= 4 is 34.2 Å². The molecule has 0 fully saturated rings. The highest BCUT2D eigenvalue weighted by Gasteiger charge is 2.31. The summed E-state index contributed by atoms with van der Waals surface area (Å²) < 4.78 is 65.7. The Morgan fingerprint density at radius 3 is 2.21 bits per heavy atom. The second kappa shape index (κ2) is 8.50. The first kappa shape index (κ1) is 22.8. The van der Waals surface area contributed by atoms with E-state index in [1.807, 2.05) is 0 Å². The number of rotatable bonds is 4. The van der Waals surface area contributed by atoms with Crippen molar-refractivity contribution in [3.8, 4) is 11.1 Å². The highest BCUT2D eigenvalue weighted by Crippen LogP contribution is 2.34. The van der Waals surface area contributed by atoms with Crippen molar-refractivity contribution in [3.63, 3.8) is 0 Å². The Balaban J connectivity index is 1.54. The van der Waals surface area contributed by atoms with Crippen molar-refractivity contribution in [1.29, 1.82) is 0 Å². The van der Waals surface area contributed by atoms with Crippen LogP contribution in [0.4, 0.5) is 38.1 Å². The van der Waals surface area contributed by atoms with Crippen molar-refractivity contribution in [1.82, 2.24) is 4.98 Å². The number of primary amides is 1. The monoisotopic (exact) mass is 474 g/mol. The molecule has 5 N–H and O–H groups in total. The highest BCUT2D eigenvalue weighted by atomic mass is 19.4. The number of alkyl halides is 3. The van der Waals surface area contributed by atoms with Crippen molar-refractivity contribution in [2.24, 2.45) is 5.73 Å². The van der Waals surface area contributed by atoms with Crippen LogP contribution in [0.3, 0.4) is 0 Å². The topological polar surface area (TPSA) is 100 Å². The molecule has 1 aromatic heterocycles. The van der Waals surface area contributed by atoms with Gasteiger partial charge in [0.25, 0.3) is 5.91 Å². The summed E-state index contributed by atoms with van der Waals surface area (Å²) in [5, 5.41) is 4.99. The molecule has 0 unspecified atom stereocenters. The average molecular weight is 474 g/mol. The Bertz CT molecular complexity index is 1410. The lowest BCUT2D eigenvalue weighted by atomic mass is 10.0. The number of aromatic nitrogens is 1. The second-order valence-electron chi connectivity index (χ2n) is 7.28. The number of halogens is 5. The largest absolute Gasteiger partial charge is 0.416 e. The lowest BCUT2D eigenvalue weighted by Crippen LogP contribution is -2.20. The van der Waals surface area contributed by atoms with Crippen LogP contribution in [0.25, 0.3) is 22.0 Å². The number of H-pyrrole nitrogens is 1. The summed E-state index contributed by atoms with van der Waals surface area (Å²) in [7, 11) is 0. The maximum absolute atomic E-state index is 13.9. The number of anilines is 2. The number of benzene rings is 3. The number of amides is 3. The van der Waals surface area contributed by atoms with E-state index in [-0.39, 0.29) is 17.4 Å². The van der Waals surface area contributed by atoms with Gasteiger partial charge in [-0.2, -0.15) is 13.2 Å². The zero-order valence-corrected chi connectivity index (χ0v) is 17.1. The van der Waals surface area contributed by atoms with Crippen LogP contribution in [-0.4, -0.2) is 16.9 Å². The zero-order chi connectivity index (χ0) is 24.6. The molecule has 0 atom stereocenters. The van der Waals surface area contributed by atoms with Gasteiger partial charge in [-0.1, -0.05) is 12.1 Å². The molecule has 0 spiro atoms. The summed E-state index contributed by atoms with van der Waals surface area (Å²) in [5.41, 5.74) is 5.56. The van der Waals surface area contributed by atoms with Crippen LogP contribution >= 0.6 is 0 Å². The quantitative estimate of drug-likeness (QED) is 0.278. The summed E-state index contributed by atoms with van der Waals surface area (Å²) in [6.45, 7) is 0. The Kier molecular flexibility index (Phi) is 5.70. The van der Waals surface area contributed by atoms with Crippen molar-refractivity contribution < 1.29 is 31.5 Å². The van der Waals surface area contributed by atoms with E-state index in [0.717, 1.165) is 6.07 Å². The molecule has 1 heterocycles. The molecule has 0 aliphatic heterocycles. The zero-order valence-electron chi connectivity index (χ0n) is 17.1. The minimum absolute atomic E-state index is 0.0804. The summed E-state index contributed by atoms with van der Waals surface area (Å²) >= 11 is 0. The number of nitrogens with two attached hydrogens (primary N) is 1. The lowest BCUT2D eigenvalue weighted by Gasteiger charge is -2.11. The molecule has 3 amide bonds. The smallest absolute Gasteiger partial charge is 0.364 e. The van der Waals surface area contributed by atoms with Gasteiger partial charge >= 0.3 is 12.2 Å². The van der Waals surface area contributed by atoms with Gasteiger partial charge in [-0.05, 0) is 54.1 Å². The van der Waals surface area contributed by atoms with Gasteiger partial charge in [-0.3, -0.25) is 4.79 Å². The first-order chi connectivity index (χ1) is 16.0. The fourth-order valence-corrected chi connectivity index (χ4v) is 3.45. The molecule has 4 aromatic rings. The normalized spacial score (nSPS) is 11.4. The van der Waals surface area contributed by atoms with Gasteiger partial charge < -0.3 is 21.4 Å². The molecular formula is C23H15F5N4O2. The molecule has 0 bridgehead atoms. The number of hydrogen-bond acceptors (Lipinski definition) is 2. The third kappa shape index (κ3) is 4.53. The van der Waals surface area contributed by atoms with Crippen LogP contribution in [0.2, 0.25) is 0 Å². The second-order valence-corrected chi connectivity index (χ2v) is 7.28. The van der Waals surface area contributed by atoms with Crippen LogP contribution < -0.4 is 16.4 Å². The molecule has 0 radical (unpaired) electrons. The van der Waals surface area contributed by atoms with Crippen molar-refractivity contribution in [2.75, 3.05) is 10.6 Å². The lowest BCUT2D eigenvalue weighted by molar-refractivity contribution is -0.137. The van der Waals surface area contributed by atoms with Crippen LogP contribution in [-0.2, 0) is 6.18 Å². The molecular weight excluding hydrogens is 459 g/mol. The number of urea groups is 1. The first-order valence-corrected chi connectivity index (χ1v) is 9.69. The van der Waals surface area contributed by atoms with Gasteiger partial charge in [0.15, 0.2) is 0 Å². The van der Waals surface area contributed by atoms with E-state index < -0.39 is 41.0 Å². The highest BCUT2D eigenvalue weighted by molar-refractivity contribution is 6.09. The van der Waals surface area contributed by atoms with Gasteiger partial charge in [-0.15, -0.1) is 0 Å². The third-order valence-electron chi connectivity index (χ3n) is 4.98. The van der Waals surface area contributed by atoms with E-state index >= 15 is 0 Å². The Hall–Kier alpha value is -4.41. The number of hydrogen-bond donors (Lipinski definition) is 4. The Morgan fingerprint density at radius 1 is 0.882 bits per heavy atom. The van der Waals surface area contributed by atoms with E-state index in [1.165, 1.54) is 30.3 Å². The SMILES string of the molecule is NC(=O)c1[nH]c2ccc(F)cc2c1-c1ccc(NC(=O)Nc2ccc(C(F)(F)F)cc2F)cc1. The first-order valence-electron chi connectivity index (χ1n) is 9.69. The minimum atomic E-state index is -4.71. The maximum Gasteiger partial charge on any atom is 0.416 e. The molecule has 3 aromatic carbocycles. The molecule has 174 valence electrons. The van der Waals surface area contributed by atoms with Crippen molar-refractivity contribution in [2.45, 2.75) is 6.18 Å². The van der Waals surface area contributed by atoms with Crippen LogP contribution in [0.1, 0.15) is 16.1 Å². The van der Waals surface area contributed by atoms with E-state index in [9.17, 15) is 31.5 Å². The fourth-order valence-electron chi connectivity index (χ4n) is 3.45. The molecule has 6 nitrogen and oxygen atoms in total. The molecule has 4 rings (SSSR count). The maximum atomic E-state index is 13.9. The number of nitrogens with one attached hydrogen (secondary N) is 3. The Labute approximate surface area is 188 Å². The molecule has 0 saturated carbocycles.